The van der Waals surface area contributed by atoms with Crippen LogP contribution in [-0.2, 0) is 10.7 Å². The second-order valence-corrected chi connectivity index (χ2v) is 7.84. The number of likely N-dealkylation sites (tertiary alicyclic amines) is 1. The van der Waals surface area contributed by atoms with E-state index in [2.05, 4.69) is 5.32 Å². The van der Waals surface area contributed by atoms with E-state index in [1.807, 2.05) is 0 Å². The molecule has 0 aliphatic carbocycles. The van der Waals surface area contributed by atoms with Gasteiger partial charge in [-0.15, -0.1) is 0 Å². The van der Waals surface area contributed by atoms with E-state index < -0.39 is 58.8 Å². The maximum Gasteiger partial charge on any atom is 0.352 e. The molecule has 33 heavy (non-hydrogen) atoms. The zero-order chi connectivity index (χ0) is 24.6. The molecule has 2 aromatic carbocycles. The van der Waals surface area contributed by atoms with Crippen LogP contribution in [0.3, 0.4) is 0 Å². The second kappa shape index (κ2) is 8.78. The summed E-state index contributed by atoms with van der Waals surface area (Å²) in [4.78, 5) is 25.4. The third-order valence-electron chi connectivity index (χ3n) is 5.33. The van der Waals surface area contributed by atoms with Crippen LogP contribution in [0.4, 0.5) is 27.6 Å². The number of amides is 2. The van der Waals surface area contributed by atoms with Crippen LogP contribution in [0.25, 0.3) is 0 Å². The normalized spacial score (nSPS) is 20.8. The summed E-state index contributed by atoms with van der Waals surface area (Å²) in [5.74, 6) is -9.56. The van der Waals surface area contributed by atoms with E-state index in [9.17, 15) is 36.6 Å². The predicted octanol–water partition coefficient (Wildman–Crippen LogP) is 3.50. The molecule has 0 spiro atoms. The summed E-state index contributed by atoms with van der Waals surface area (Å²) in [5.41, 5.74) is -4.52. The molecule has 1 saturated heterocycles. The molecule has 6 nitrogen and oxygen atoms in total. The van der Waals surface area contributed by atoms with Crippen LogP contribution in [-0.4, -0.2) is 46.7 Å². The molecule has 1 fully saturated rings. The number of benzene rings is 2. The molecule has 174 valence electrons. The number of alkyl halides is 3. The highest BCUT2D eigenvalue weighted by molar-refractivity contribution is 6.04. The lowest BCUT2D eigenvalue weighted by Gasteiger charge is -2.39. The molecule has 0 aromatic heterocycles. The Morgan fingerprint density at radius 2 is 1.88 bits per heavy atom. The number of carbonyl (C=O) groups excluding carboxylic acids is 2. The van der Waals surface area contributed by atoms with E-state index in [4.69, 9.17) is 5.26 Å². The number of rotatable bonds is 4. The van der Waals surface area contributed by atoms with Crippen LogP contribution in [0.1, 0.15) is 34.8 Å². The molecule has 0 bridgehead atoms. The van der Waals surface area contributed by atoms with Crippen LogP contribution < -0.4 is 5.32 Å². The van der Waals surface area contributed by atoms with E-state index in [1.165, 1.54) is 0 Å². The van der Waals surface area contributed by atoms with Gasteiger partial charge in [-0.2, -0.15) is 14.0 Å². The fourth-order valence-corrected chi connectivity index (χ4v) is 3.42. The summed E-state index contributed by atoms with van der Waals surface area (Å²) in [6.07, 6.45) is -1.71. The highest BCUT2D eigenvalue weighted by atomic mass is 19.3. The van der Waals surface area contributed by atoms with Crippen molar-refractivity contribution < 1.29 is 36.6 Å². The number of hydrogen-bond acceptors (Lipinski definition) is 4. The van der Waals surface area contributed by atoms with Crippen molar-refractivity contribution in [2.75, 3.05) is 18.4 Å². The molecule has 3 rings (SSSR count). The minimum absolute atomic E-state index is 0.0132. The standard InChI is InChI=1S/C22H18F5N3O3/c1-21(25)11-30(7-6-18(21)31)20(33)22(26,27)15-9-12(2-4-17(15)24)19(32)29-14-3-5-16(23)13(8-14)10-28/h2-5,8-9,18,31H,6-7,11H2,1H3,(H,29,32). The molecular formula is C22H18F5N3O3. The number of nitrogens with one attached hydrogen (secondary N) is 1. The van der Waals surface area contributed by atoms with Crippen LogP contribution in [0.15, 0.2) is 36.4 Å². The van der Waals surface area contributed by atoms with E-state index >= 15 is 0 Å². The van der Waals surface area contributed by atoms with E-state index in [-0.39, 0.29) is 24.2 Å². The monoisotopic (exact) mass is 467 g/mol. The molecule has 2 atom stereocenters. The van der Waals surface area contributed by atoms with E-state index in [0.717, 1.165) is 31.2 Å². The van der Waals surface area contributed by atoms with Gasteiger partial charge < -0.3 is 15.3 Å². The van der Waals surface area contributed by atoms with Gasteiger partial charge in [0, 0.05) is 17.8 Å². The molecule has 1 aliphatic heterocycles. The number of halogens is 5. The maximum atomic E-state index is 14.9. The molecule has 11 heteroatoms. The Kier molecular flexibility index (Phi) is 6.42. The van der Waals surface area contributed by atoms with Crippen LogP contribution in [0.5, 0.6) is 0 Å². The quantitative estimate of drug-likeness (QED) is 0.674. The second-order valence-electron chi connectivity index (χ2n) is 7.84. The lowest BCUT2D eigenvalue weighted by molar-refractivity contribution is -0.167. The molecule has 2 aromatic rings. The van der Waals surface area contributed by atoms with Gasteiger partial charge in [0.1, 0.15) is 17.7 Å². The lowest BCUT2D eigenvalue weighted by Crippen LogP contribution is -2.56. The first-order chi connectivity index (χ1) is 15.4. The molecular weight excluding hydrogens is 449 g/mol. The van der Waals surface area contributed by atoms with Crippen molar-refractivity contribution in [3.8, 4) is 6.07 Å². The SMILES string of the molecule is CC1(F)CN(C(=O)C(F)(F)c2cc(C(=O)Nc3ccc(F)c(C#N)c3)ccc2F)CCC1O. The first kappa shape index (κ1) is 24.1. The summed E-state index contributed by atoms with van der Waals surface area (Å²) < 4.78 is 71.9. The fourth-order valence-electron chi connectivity index (χ4n) is 3.42. The first-order valence-electron chi connectivity index (χ1n) is 9.72. The summed E-state index contributed by atoms with van der Waals surface area (Å²) in [7, 11) is 0. The molecule has 1 heterocycles. The third kappa shape index (κ3) is 4.80. The van der Waals surface area contributed by atoms with Crippen molar-refractivity contribution in [1.29, 1.82) is 5.26 Å². The first-order valence-corrected chi connectivity index (χ1v) is 9.72. The average Bonchev–Trinajstić information content (AvgIpc) is 2.76. The molecule has 0 radical (unpaired) electrons. The lowest BCUT2D eigenvalue weighted by atomic mass is 9.92. The minimum atomic E-state index is -4.43. The Morgan fingerprint density at radius 1 is 1.21 bits per heavy atom. The molecule has 1 aliphatic rings. The van der Waals surface area contributed by atoms with Crippen molar-refractivity contribution in [3.05, 3.63) is 64.7 Å². The molecule has 2 N–H and O–H groups in total. The molecule has 0 saturated carbocycles. The van der Waals surface area contributed by atoms with Gasteiger partial charge in [-0.05, 0) is 49.7 Å². The highest BCUT2D eigenvalue weighted by Crippen LogP contribution is 2.35. The highest BCUT2D eigenvalue weighted by Gasteiger charge is 2.50. The summed E-state index contributed by atoms with van der Waals surface area (Å²) >= 11 is 0. The number of nitriles is 1. The summed E-state index contributed by atoms with van der Waals surface area (Å²) in [6, 6.07) is 6.63. The smallest absolute Gasteiger partial charge is 0.352 e. The van der Waals surface area contributed by atoms with Gasteiger partial charge in [-0.1, -0.05) is 0 Å². The van der Waals surface area contributed by atoms with Crippen molar-refractivity contribution >= 4 is 17.5 Å². The maximum absolute atomic E-state index is 14.9. The van der Waals surface area contributed by atoms with Gasteiger partial charge in [0.05, 0.1) is 23.8 Å². The van der Waals surface area contributed by atoms with Gasteiger partial charge >= 0.3 is 5.92 Å². The number of aliphatic hydroxyl groups excluding tert-OH is 1. The van der Waals surface area contributed by atoms with Crippen LogP contribution in [0.2, 0.25) is 0 Å². The fraction of sp³-hybridized carbons (Fsp3) is 0.318. The van der Waals surface area contributed by atoms with Gasteiger partial charge in [0.15, 0.2) is 5.67 Å². The predicted molar refractivity (Wildman–Crippen MR) is 106 cm³/mol. The van der Waals surface area contributed by atoms with Crippen molar-refractivity contribution in [1.82, 2.24) is 4.90 Å². The van der Waals surface area contributed by atoms with Crippen LogP contribution in [0, 0.1) is 23.0 Å². The molecule has 2 amide bonds. The van der Waals surface area contributed by atoms with Gasteiger partial charge in [-0.25, -0.2) is 13.2 Å². The zero-order valence-electron chi connectivity index (χ0n) is 17.2. The number of piperidine rings is 1. The van der Waals surface area contributed by atoms with Crippen molar-refractivity contribution in [2.24, 2.45) is 0 Å². The number of aliphatic hydroxyl groups is 1. The number of nitrogens with zero attached hydrogens (tertiary/aromatic N) is 2. The van der Waals surface area contributed by atoms with Crippen LogP contribution >= 0.6 is 0 Å². The van der Waals surface area contributed by atoms with Gasteiger partial charge in [0.25, 0.3) is 11.8 Å². The average molecular weight is 467 g/mol. The van der Waals surface area contributed by atoms with Gasteiger partial charge in [0.2, 0.25) is 0 Å². The van der Waals surface area contributed by atoms with Crippen molar-refractivity contribution in [3.63, 3.8) is 0 Å². The largest absolute Gasteiger partial charge is 0.390 e. The Bertz CT molecular complexity index is 1150. The Morgan fingerprint density at radius 3 is 2.52 bits per heavy atom. The zero-order valence-corrected chi connectivity index (χ0v) is 17.2. The molecule has 2 unspecified atom stereocenters. The van der Waals surface area contributed by atoms with E-state index in [1.54, 1.807) is 6.07 Å². The minimum Gasteiger partial charge on any atom is -0.390 e. The van der Waals surface area contributed by atoms with Crippen molar-refractivity contribution in [2.45, 2.75) is 31.0 Å². The number of anilines is 1. The third-order valence-corrected chi connectivity index (χ3v) is 5.33. The number of carbonyl (C=O) groups is 2. The Hall–Kier alpha value is -3.52. The summed E-state index contributed by atoms with van der Waals surface area (Å²) in [6.45, 7) is -0.202. The Labute approximate surface area is 185 Å². The topological polar surface area (TPSA) is 93.4 Å². The van der Waals surface area contributed by atoms with Gasteiger partial charge in [-0.3, -0.25) is 9.59 Å². The van der Waals surface area contributed by atoms with E-state index in [0.29, 0.717) is 17.0 Å². The Balaban J connectivity index is 1.86. The number of hydrogen-bond donors (Lipinski definition) is 2. The summed E-state index contributed by atoms with van der Waals surface area (Å²) in [5, 5.41) is 20.7.